The molecular weight excluding hydrogens is 517 g/mol. The molecule has 204 valence electrons. The molecule has 0 aliphatic heterocycles. The summed E-state index contributed by atoms with van der Waals surface area (Å²) in [7, 11) is 0. The van der Waals surface area contributed by atoms with E-state index in [9.17, 15) is 14.7 Å². The fraction of sp³-hybridized carbons (Fsp3) is 0.179. The fourth-order valence-electron chi connectivity index (χ4n) is 4.29. The van der Waals surface area contributed by atoms with Gasteiger partial charge in [-0.25, -0.2) is 18.9 Å². The largest absolute Gasteiger partial charge is 0.410 e. The zero-order valence-electron chi connectivity index (χ0n) is 21.9. The number of fused-ring (bicyclic) bond motifs is 1. The smallest absolute Gasteiger partial charge is 0.405 e. The molecule has 0 fully saturated rings. The molecule has 11 nitrogen and oxygen atoms in total. The van der Waals surface area contributed by atoms with Crippen molar-refractivity contribution in [1.29, 1.82) is 0 Å². The Morgan fingerprint density at radius 3 is 2.60 bits per heavy atom. The average Bonchev–Trinajstić information content (AvgIpc) is 3.29. The Balaban J connectivity index is 1.64. The fourth-order valence-corrected chi connectivity index (χ4v) is 4.29. The lowest BCUT2D eigenvalue weighted by atomic mass is 9.86. The second-order valence-corrected chi connectivity index (χ2v) is 10.0. The third kappa shape index (κ3) is 4.99. The van der Waals surface area contributed by atoms with Gasteiger partial charge in [0.1, 0.15) is 11.6 Å². The van der Waals surface area contributed by atoms with Crippen LogP contribution in [-0.2, 0) is 12.0 Å². The van der Waals surface area contributed by atoms with Crippen LogP contribution in [0.5, 0.6) is 5.75 Å². The van der Waals surface area contributed by atoms with Crippen LogP contribution in [0, 0.1) is 5.82 Å². The number of hydrogen-bond donors (Lipinski definition) is 3. The Hall–Kier alpha value is -5.10. The van der Waals surface area contributed by atoms with Crippen LogP contribution >= 0.6 is 0 Å². The van der Waals surface area contributed by atoms with E-state index in [0.717, 1.165) is 10.2 Å². The summed E-state index contributed by atoms with van der Waals surface area (Å²) < 4.78 is 22.7. The summed E-state index contributed by atoms with van der Waals surface area (Å²) in [6.45, 7) is 5.34. The molecule has 2 aromatic carbocycles. The Morgan fingerprint density at radius 1 is 1.15 bits per heavy atom. The van der Waals surface area contributed by atoms with Crippen molar-refractivity contribution in [3.05, 3.63) is 94.4 Å². The van der Waals surface area contributed by atoms with Crippen molar-refractivity contribution in [2.75, 3.05) is 5.32 Å². The Labute approximate surface area is 227 Å². The molecule has 0 radical (unpaired) electrons. The summed E-state index contributed by atoms with van der Waals surface area (Å²) in [6.07, 6.45) is 3.33. The third-order valence-electron chi connectivity index (χ3n) is 6.27. The molecule has 3 aromatic heterocycles. The maximum Gasteiger partial charge on any atom is 0.410 e. The van der Waals surface area contributed by atoms with Crippen LogP contribution in [0.3, 0.4) is 0 Å². The van der Waals surface area contributed by atoms with Gasteiger partial charge in [0.05, 0.1) is 35.8 Å². The first kappa shape index (κ1) is 26.5. The zero-order chi connectivity index (χ0) is 28.6. The van der Waals surface area contributed by atoms with Gasteiger partial charge in [-0.2, -0.15) is 9.78 Å². The van der Waals surface area contributed by atoms with E-state index in [1.807, 2.05) is 20.8 Å². The topological polar surface area (TPSA) is 150 Å². The standard InChI is InChI=1S/C28H26FN7O4/c1-28(2,3)17-11-16-13-32-36(26(38)24(16)19(29)12-17)21-8-6-7-20(18(21)15-37)35-14-22(40-27(30)39)25(34-35)33-23-9-4-5-10-31-23/h4-14,37H,15H2,1-3H3,(H2,30,39)(H,31,33,34). The molecule has 5 aromatic rings. The lowest BCUT2D eigenvalue weighted by Crippen LogP contribution is -2.24. The number of amides is 1. The molecule has 0 unspecified atom stereocenters. The Kier molecular flexibility index (Phi) is 6.78. The number of rotatable bonds is 6. The number of nitrogens with two attached hydrogens (primary N) is 1. The van der Waals surface area contributed by atoms with Gasteiger partial charge < -0.3 is 20.9 Å². The molecule has 0 bridgehead atoms. The first-order chi connectivity index (χ1) is 19.1. The Bertz CT molecular complexity index is 1790. The summed E-state index contributed by atoms with van der Waals surface area (Å²) in [6, 6.07) is 13.1. The molecule has 0 atom stereocenters. The SMILES string of the molecule is CC(C)(C)c1cc(F)c2c(=O)n(-c3cccc(-n4cc(OC(N)=O)c(Nc5ccccn5)n4)c3CO)ncc2c1. The lowest BCUT2D eigenvalue weighted by Gasteiger charge is -2.20. The van der Waals surface area contributed by atoms with Crippen molar-refractivity contribution in [3.63, 3.8) is 0 Å². The number of nitrogens with zero attached hydrogens (tertiary/aromatic N) is 5. The highest BCUT2D eigenvalue weighted by Gasteiger charge is 2.22. The van der Waals surface area contributed by atoms with Gasteiger partial charge in [-0.3, -0.25) is 4.79 Å². The summed E-state index contributed by atoms with van der Waals surface area (Å²) in [5.41, 5.74) is 5.80. The average molecular weight is 544 g/mol. The maximum atomic E-state index is 15.2. The molecule has 0 saturated heterocycles. The van der Waals surface area contributed by atoms with Crippen molar-refractivity contribution in [3.8, 4) is 17.1 Å². The summed E-state index contributed by atoms with van der Waals surface area (Å²) in [5.74, 6) is -0.0905. The van der Waals surface area contributed by atoms with Gasteiger partial charge in [0.25, 0.3) is 5.56 Å². The molecule has 1 amide bonds. The second kappa shape index (κ2) is 10.2. The van der Waals surface area contributed by atoms with Crippen molar-refractivity contribution in [2.24, 2.45) is 5.73 Å². The monoisotopic (exact) mass is 543 g/mol. The number of carbonyl (C=O) groups is 1. The van der Waals surface area contributed by atoms with Crippen LogP contribution < -0.4 is 21.3 Å². The highest BCUT2D eigenvalue weighted by atomic mass is 19.1. The van der Waals surface area contributed by atoms with E-state index in [-0.39, 0.29) is 33.6 Å². The number of benzene rings is 2. The van der Waals surface area contributed by atoms with Gasteiger partial charge in [0.15, 0.2) is 11.6 Å². The van der Waals surface area contributed by atoms with Gasteiger partial charge in [-0.05, 0) is 47.4 Å². The van der Waals surface area contributed by atoms with Crippen LogP contribution in [0.15, 0.2) is 71.9 Å². The number of carbonyl (C=O) groups excluding carboxylic acids is 1. The lowest BCUT2D eigenvalue weighted by molar-refractivity contribution is 0.211. The molecule has 0 spiro atoms. The number of hydrogen-bond acceptors (Lipinski definition) is 8. The third-order valence-corrected chi connectivity index (χ3v) is 6.27. The molecular formula is C28H26FN7O4. The normalized spacial score (nSPS) is 11.5. The number of aliphatic hydroxyl groups is 1. The van der Waals surface area contributed by atoms with E-state index in [1.54, 1.807) is 48.7 Å². The second-order valence-electron chi connectivity index (χ2n) is 10.0. The number of anilines is 2. The van der Waals surface area contributed by atoms with E-state index in [1.165, 1.54) is 23.1 Å². The molecule has 12 heteroatoms. The Morgan fingerprint density at radius 2 is 1.93 bits per heavy atom. The minimum atomic E-state index is -1.05. The summed E-state index contributed by atoms with van der Waals surface area (Å²) >= 11 is 0. The number of aromatic nitrogens is 5. The van der Waals surface area contributed by atoms with E-state index < -0.39 is 24.1 Å². The van der Waals surface area contributed by atoms with Crippen LogP contribution in [0.1, 0.15) is 31.9 Å². The van der Waals surface area contributed by atoms with E-state index in [0.29, 0.717) is 16.9 Å². The van der Waals surface area contributed by atoms with E-state index in [4.69, 9.17) is 10.5 Å². The van der Waals surface area contributed by atoms with Gasteiger partial charge in [-0.15, -0.1) is 5.10 Å². The van der Waals surface area contributed by atoms with Crippen molar-refractivity contribution in [1.82, 2.24) is 24.5 Å². The van der Waals surface area contributed by atoms with Crippen molar-refractivity contribution >= 4 is 28.5 Å². The molecule has 40 heavy (non-hydrogen) atoms. The van der Waals surface area contributed by atoms with Gasteiger partial charge in [-0.1, -0.05) is 32.9 Å². The predicted octanol–water partition coefficient (Wildman–Crippen LogP) is 4.10. The molecule has 3 heterocycles. The first-order valence-electron chi connectivity index (χ1n) is 12.3. The van der Waals surface area contributed by atoms with Crippen molar-refractivity contribution in [2.45, 2.75) is 32.8 Å². The number of pyridine rings is 1. The molecule has 0 aliphatic rings. The minimum Gasteiger partial charge on any atom is -0.405 e. The number of halogens is 1. The van der Waals surface area contributed by atoms with Gasteiger partial charge in [0.2, 0.25) is 0 Å². The highest BCUT2D eigenvalue weighted by Crippen LogP contribution is 2.31. The minimum absolute atomic E-state index is 0.00478. The van der Waals surface area contributed by atoms with Crippen LogP contribution in [-0.4, -0.2) is 35.7 Å². The number of aliphatic hydroxyl groups excluding tert-OH is 1. The van der Waals surface area contributed by atoms with Crippen molar-refractivity contribution < 1.29 is 19.0 Å². The summed E-state index contributed by atoms with van der Waals surface area (Å²) in [4.78, 5) is 29.2. The van der Waals surface area contributed by atoms with E-state index >= 15 is 4.39 Å². The highest BCUT2D eigenvalue weighted by molar-refractivity contribution is 5.82. The first-order valence-corrected chi connectivity index (χ1v) is 12.3. The maximum absolute atomic E-state index is 15.2. The number of ether oxygens (including phenoxy) is 1. The van der Waals surface area contributed by atoms with Crippen LogP contribution in [0.25, 0.3) is 22.1 Å². The molecule has 0 aliphatic carbocycles. The summed E-state index contributed by atoms with van der Waals surface area (Å²) in [5, 5.41) is 22.3. The van der Waals surface area contributed by atoms with Crippen LogP contribution in [0.4, 0.5) is 20.8 Å². The van der Waals surface area contributed by atoms with Gasteiger partial charge in [0, 0.05) is 17.1 Å². The number of primary amides is 1. The van der Waals surface area contributed by atoms with Crippen LogP contribution in [0.2, 0.25) is 0 Å². The van der Waals surface area contributed by atoms with Gasteiger partial charge >= 0.3 is 6.09 Å². The number of nitrogens with one attached hydrogen (secondary N) is 1. The molecule has 4 N–H and O–H groups in total. The molecule has 0 saturated carbocycles. The van der Waals surface area contributed by atoms with E-state index in [2.05, 4.69) is 20.5 Å². The zero-order valence-corrected chi connectivity index (χ0v) is 21.9. The quantitative estimate of drug-likeness (QED) is 0.290. The predicted molar refractivity (Wildman–Crippen MR) is 147 cm³/mol. The molecule has 5 rings (SSSR count).